The Bertz CT molecular complexity index is 511. The zero-order valence-electron chi connectivity index (χ0n) is 10.2. The molecule has 84 valence electrons. The van der Waals surface area contributed by atoms with E-state index >= 15 is 0 Å². The second kappa shape index (κ2) is 4.35. The third-order valence-electron chi connectivity index (χ3n) is 3.19. The fourth-order valence-electron chi connectivity index (χ4n) is 1.96. The molecule has 16 heavy (non-hydrogen) atoms. The summed E-state index contributed by atoms with van der Waals surface area (Å²) in [4.78, 5) is 0. The quantitative estimate of drug-likeness (QED) is 0.749. The van der Waals surface area contributed by atoms with E-state index in [9.17, 15) is 0 Å². The molecular formula is C14H17OP. The Morgan fingerprint density at radius 2 is 1.69 bits per heavy atom. The van der Waals surface area contributed by atoms with Gasteiger partial charge in [-0.05, 0) is 43.3 Å². The standard InChI is InChI=1S/C14H17OP/c1-9-10(2)14(16-11(9)3)12-7-5-6-8-13(12)15-4/h5-8,16H,1-4H3. The van der Waals surface area contributed by atoms with Gasteiger partial charge in [0, 0.05) is 10.9 Å². The third kappa shape index (κ3) is 1.76. The van der Waals surface area contributed by atoms with Crippen LogP contribution in [0.25, 0.3) is 10.9 Å². The van der Waals surface area contributed by atoms with Crippen molar-refractivity contribution in [2.24, 2.45) is 0 Å². The molecule has 0 bridgehead atoms. The summed E-state index contributed by atoms with van der Waals surface area (Å²) in [5.41, 5.74) is 4.11. The van der Waals surface area contributed by atoms with Crippen LogP contribution in [0.2, 0.25) is 0 Å². The van der Waals surface area contributed by atoms with Crippen molar-refractivity contribution in [2.75, 3.05) is 7.11 Å². The van der Waals surface area contributed by atoms with Gasteiger partial charge < -0.3 is 4.74 Å². The van der Waals surface area contributed by atoms with Gasteiger partial charge in [0.2, 0.25) is 0 Å². The smallest absolute Gasteiger partial charge is 0.127 e. The van der Waals surface area contributed by atoms with Crippen molar-refractivity contribution in [3.63, 3.8) is 0 Å². The van der Waals surface area contributed by atoms with Gasteiger partial charge in [-0.3, -0.25) is 0 Å². The molecule has 0 N–H and O–H groups in total. The maximum absolute atomic E-state index is 5.43. The molecule has 0 radical (unpaired) electrons. The van der Waals surface area contributed by atoms with E-state index in [4.69, 9.17) is 4.74 Å². The summed E-state index contributed by atoms with van der Waals surface area (Å²) < 4.78 is 5.43. The fraction of sp³-hybridized carbons (Fsp3) is 0.286. The Kier molecular flexibility index (Phi) is 3.07. The van der Waals surface area contributed by atoms with Crippen LogP contribution in [0.1, 0.15) is 16.4 Å². The maximum Gasteiger partial charge on any atom is 0.127 e. The lowest BCUT2D eigenvalue weighted by molar-refractivity contribution is 0.416. The van der Waals surface area contributed by atoms with Gasteiger partial charge in [-0.1, -0.05) is 18.2 Å². The van der Waals surface area contributed by atoms with Crippen molar-refractivity contribution in [3.8, 4) is 16.6 Å². The molecule has 0 amide bonds. The number of hydrogen-bond donors (Lipinski definition) is 0. The number of methoxy groups -OCH3 is 1. The first-order chi connectivity index (χ1) is 7.65. The molecule has 2 rings (SSSR count). The van der Waals surface area contributed by atoms with E-state index in [1.54, 1.807) is 7.11 Å². The number of ether oxygens (including phenoxy) is 1. The highest BCUT2D eigenvalue weighted by molar-refractivity contribution is 7.35. The highest BCUT2D eigenvalue weighted by atomic mass is 31.0. The first-order valence-electron chi connectivity index (χ1n) is 5.44. The number of aryl methyl sites for hydroxylation is 1. The molecule has 0 aliphatic heterocycles. The van der Waals surface area contributed by atoms with E-state index in [-0.39, 0.29) is 0 Å². The predicted molar refractivity (Wildman–Crippen MR) is 72.1 cm³/mol. The molecule has 0 saturated carbocycles. The van der Waals surface area contributed by atoms with Crippen LogP contribution in [-0.4, -0.2) is 7.11 Å². The molecule has 1 atom stereocenters. The highest BCUT2D eigenvalue weighted by Gasteiger charge is 2.12. The molecule has 1 aromatic heterocycles. The van der Waals surface area contributed by atoms with Crippen LogP contribution in [0.15, 0.2) is 24.3 Å². The summed E-state index contributed by atoms with van der Waals surface area (Å²) in [6, 6.07) is 8.27. The van der Waals surface area contributed by atoms with Gasteiger partial charge in [0.1, 0.15) is 5.75 Å². The minimum atomic E-state index is 0.790. The van der Waals surface area contributed by atoms with Crippen LogP contribution >= 0.6 is 8.19 Å². The second-order valence-corrected chi connectivity index (χ2v) is 5.58. The Labute approximate surface area is 98.5 Å². The zero-order chi connectivity index (χ0) is 11.7. The molecule has 0 aliphatic carbocycles. The number of para-hydroxylation sites is 1. The maximum atomic E-state index is 5.43. The first kappa shape index (κ1) is 11.3. The van der Waals surface area contributed by atoms with E-state index in [1.807, 2.05) is 12.1 Å². The van der Waals surface area contributed by atoms with Gasteiger partial charge in [-0.25, -0.2) is 0 Å². The van der Waals surface area contributed by atoms with E-state index < -0.39 is 0 Å². The number of hydrogen-bond acceptors (Lipinski definition) is 1. The molecule has 2 heteroatoms. The van der Waals surface area contributed by atoms with Crippen molar-refractivity contribution in [1.29, 1.82) is 0 Å². The van der Waals surface area contributed by atoms with Gasteiger partial charge in [0.05, 0.1) is 7.11 Å². The van der Waals surface area contributed by atoms with Gasteiger partial charge in [0.25, 0.3) is 0 Å². The highest BCUT2D eigenvalue weighted by Crippen LogP contribution is 2.42. The number of benzene rings is 1. The predicted octanol–water partition coefficient (Wildman–Crippen LogP) is 4.32. The van der Waals surface area contributed by atoms with Crippen molar-refractivity contribution in [2.45, 2.75) is 20.8 Å². The molecule has 1 heterocycles. The van der Waals surface area contributed by atoms with E-state index in [2.05, 4.69) is 32.9 Å². The molecular weight excluding hydrogens is 215 g/mol. The largest absolute Gasteiger partial charge is 0.496 e. The summed E-state index contributed by atoms with van der Waals surface area (Å²) in [5.74, 6) is 0.979. The van der Waals surface area contributed by atoms with Crippen molar-refractivity contribution < 1.29 is 4.74 Å². The van der Waals surface area contributed by atoms with Gasteiger partial charge in [-0.2, -0.15) is 0 Å². The summed E-state index contributed by atoms with van der Waals surface area (Å²) in [7, 11) is 2.53. The lowest BCUT2D eigenvalue weighted by Gasteiger charge is -2.07. The van der Waals surface area contributed by atoms with E-state index in [0.29, 0.717) is 0 Å². The topological polar surface area (TPSA) is 9.23 Å². The van der Waals surface area contributed by atoms with Crippen molar-refractivity contribution >= 4 is 8.19 Å². The Balaban J connectivity index is 2.63. The van der Waals surface area contributed by atoms with Crippen LogP contribution in [0.5, 0.6) is 5.75 Å². The molecule has 1 aromatic carbocycles. The summed E-state index contributed by atoms with van der Waals surface area (Å²) in [5, 5.41) is 2.94. The first-order valence-corrected chi connectivity index (χ1v) is 6.44. The van der Waals surface area contributed by atoms with Crippen molar-refractivity contribution in [1.82, 2.24) is 0 Å². The van der Waals surface area contributed by atoms with Crippen LogP contribution in [0.3, 0.4) is 0 Å². The Morgan fingerprint density at radius 3 is 2.25 bits per heavy atom. The number of rotatable bonds is 2. The molecule has 0 saturated heterocycles. The summed E-state index contributed by atoms with van der Waals surface area (Å²) >= 11 is 0. The monoisotopic (exact) mass is 232 g/mol. The normalized spacial score (nSPS) is 11.0. The Hall–Kier alpha value is -1.20. The molecule has 0 fully saturated rings. The SMILES string of the molecule is COc1ccccc1-c1[pH]c(C)c(C)c1C. The average molecular weight is 232 g/mol. The molecule has 1 unspecified atom stereocenters. The lowest BCUT2D eigenvalue weighted by Crippen LogP contribution is -1.86. The average Bonchev–Trinajstić information content (AvgIpc) is 2.57. The third-order valence-corrected chi connectivity index (χ3v) is 4.83. The lowest BCUT2D eigenvalue weighted by atomic mass is 10.1. The van der Waals surface area contributed by atoms with E-state index in [1.165, 1.54) is 27.3 Å². The minimum Gasteiger partial charge on any atom is -0.496 e. The van der Waals surface area contributed by atoms with Gasteiger partial charge in [-0.15, -0.1) is 8.19 Å². The van der Waals surface area contributed by atoms with Crippen molar-refractivity contribution in [3.05, 3.63) is 40.7 Å². The van der Waals surface area contributed by atoms with E-state index in [0.717, 1.165) is 13.9 Å². The summed E-state index contributed by atoms with van der Waals surface area (Å²) in [6.07, 6.45) is 0. The Morgan fingerprint density at radius 1 is 1.00 bits per heavy atom. The van der Waals surface area contributed by atoms with Crippen LogP contribution in [0, 0.1) is 20.8 Å². The van der Waals surface area contributed by atoms with Crippen LogP contribution < -0.4 is 4.74 Å². The molecule has 0 spiro atoms. The van der Waals surface area contributed by atoms with Gasteiger partial charge in [0.15, 0.2) is 0 Å². The fourth-order valence-corrected chi connectivity index (χ4v) is 3.43. The molecule has 0 aliphatic rings. The van der Waals surface area contributed by atoms with Gasteiger partial charge >= 0.3 is 0 Å². The molecule has 2 aromatic rings. The second-order valence-electron chi connectivity index (χ2n) is 4.08. The van der Waals surface area contributed by atoms with Crippen LogP contribution in [-0.2, 0) is 0 Å². The van der Waals surface area contributed by atoms with Crippen LogP contribution in [0.4, 0.5) is 0 Å². The molecule has 1 nitrogen and oxygen atoms in total. The summed E-state index contributed by atoms with van der Waals surface area (Å²) in [6.45, 7) is 6.64. The zero-order valence-corrected chi connectivity index (χ0v) is 11.2. The minimum absolute atomic E-state index is 0.790.